The number of hydrogen-bond donors (Lipinski definition) is 1. The topological polar surface area (TPSA) is 12.0 Å². The summed E-state index contributed by atoms with van der Waals surface area (Å²) in [6.07, 6.45) is 6.12. The van der Waals surface area contributed by atoms with E-state index in [9.17, 15) is 8.78 Å². The molecule has 2 rings (SSSR count). The van der Waals surface area contributed by atoms with Gasteiger partial charge in [-0.05, 0) is 43.0 Å². The van der Waals surface area contributed by atoms with E-state index in [1.165, 1.54) is 37.8 Å². The standard InChI is InChI=1S/C16H23F2N/c1-3-11-6-4-5-7-13(11)16(19-2)12-8-9-14(17)15(18)10-12/h8-11,13,16,19H,3-7H2,1-2H3. The van der Waals surface area contributed by atoms with Gasteiger partial charge in [0.2, 0.25) is 0 Å². The molecule has 3 unspecified atom stereocenters. The summed E-state index contributed by atoms with van der Waals surface area (Å²) < 4.78 is 26.5. The van der Waals surface area contributed by atoms with E-state index in [0.29, 0.717) is 11.8 Å². The summed E-state index contributed by atoms with van der Waals surface area (Å²) >= 11 is 0. The quantitative estimate of drug-likeness (QED) is 0.850. The second kappa shape index (κ2) is 6.47. The maximum atomic E-state index is 13.4. The highest BCUT2D eigenvalue weighted by molar-refractivity contribution is 5.22. The Morgan fingerprint density at radius 3 is 2.58 bits per heavy atom. The Kier molecular flexibility index (Phi) is 4.92. The fraction of sp³-hybridized carbons (Fsp3) is 0.625. The van der Waals surface area contributed by atoms with Crippen molar-refractivity contribution in [3.8, 4) is 0 Å². The third-order valence-electron chi connectivity index (χ3n) is 4.53. The van der Waals surface area contributed by atoms with Crippen LogP contribution in [-0.2, 0) is 0 Å². The van der Waals surface area contributed by atoms with Crippen LogP contribution in [0.3, 0.4) is 0 Å². The van der Waals surface area contributed by atoms with Crippen LogP contribution < -0.4 is 5.32 Å². The van der Waals surface area contributed by atoms with Crippen LogP contribution >= 0.6 is 0 Å². The van der Waals surface area contributed by atoms with Gasteiger partial charge in [-0.3, -0.25) is 0 Å². The van der Waals surface area contributed by atoms with Crippen molar-refractivity contribution < 1.29 is 8.78 Å². The van der Waals surface area contributed by atoms with Crippen LogP contribution in [0.1, 0.15) is 50.6 Å². The highest BCUT2D eigenvalue weighted by Gasteiger charge is 2.31. The lowest BCUT2D eigenvalue weighted by Crippen LogP contribution is -2.32. The van der Waals surface area contributed by atoms with Gasteiger partial charge in [-0.1, -0.05) is 38.7 Å². The normalized spacial score (nSPS) is 25.3. The first-order valence-electron chi connectivity index (χ1n) is 7.29. The van der Waals surface area contributed by atoms with Gasteiger partial charge in [0.05, 0.1) is 0 Å². The first-order chi connectivity index (χ1) is 9.17. The molecular formula is C16H23F2N. The second-order valence-electron chi connectivity index (χ2n) is 5.56. The average Bonchev–Trinajstić information content (AvgIpc) is 2.44. The van der Waals surface area contributed by atoms with Gasteiger partial charge < -0.3 is 5.32 Å². The third kappa shape index (κ3) is 3.14. The lowest BCUT2D eigenvalue weighted by atomic mass is 9.72. The van der Waals surface area contributed by atoms with Gasteiger partial charge in [-0.25, -0.2) is 8.78 Å². The van der Waals surface area contributed by atoms with Crippen LogP contribution in [0.25, 0.3) is 0 Å². The summed E-state index contributed by atoms with van der Waals surface area (Å²) in [7, 11) is 1.91. The highest BCUT2D eigenvalue weighted by atomic mass is 19.2. The average molecular weight is 267 g/mol. The Hall–Kier alpha value is -0.960. The molecule has 0 amide bonds. The number of benzene rings is 1. The number of halogens is 2. The molecule has 1 N–H and O–H groups in total. The molecule has 1 aromatic carbocycles. The van der Waals surface area contributed by atoms with Crippen LogP contribution in [0, 0.1) is 23.5 Å². The summed E-state index contributed by atoms with van der Waals surface area (Å²) in [5.74, 6) is -0.316. The third-order valence-corrected chi connectivity index (χ3v) is 4.53. The molecule has 1 fully saturated rings. The molecule has 1 aromatic rings. The summed E-state index contributed by atoms with van der Waals surface area (Å²) in [5, 5.41) is 3.31. The molecule has 0 spiro atoms. The van der Waals surface area contributed by atoms with Gasteiger partial charge in [-0.15, -0.1) is 0 Å². The van der Waals surface area contributed by atoms with Crippen LogP contribution in [-0.4, -0.2) is 7.05 Å². The van der Waals surface area contributed by atoms with Crippen molar-refractivity contribution in [2.75, 3.05) is 7.05 Å². The summed E-state index contributed by atoms with van der Waals surface area (Å²) in [5.41, 5.74) is 0.867. The monoisotopic (exact) mass is 267 g/mol. The van der Waals surface area contributed by atoms with Crippen molar-refractivity contribution in [1.29, 1.82) is 0 Å². The molecule has 1 saturated carbocycles. The zero-order valence-electron chi connectivity index (χ0n) is 11.8. The van der Waals surface area contributed by atoms with Gasteiger partial charge in [0.15, 0.2) is 11.6 Å². The van der Waals surface area contributed by atoms with E-state index in [-0.39, 0.29) is 6.04 Å². The lowest BCUT2D eigenvalue weighted by molar-refractivity contribution is 0.180. The minimum atomic E-state index is -0.769. The molecular weight excluding hydrogens is 244 g/mol. The Morgan fingerprint density at radius 1 is 1.21 bits per heavy atom. The van der Waals surface area contributed by atoms with Crippen molar-refractivity contribution in [2.24, 2.45) is 11.8 Å². The van der Waals surface area contributed by atoms with Crippen molar-refractivity contribution in [3.63, 3.8) is 0 Å². The molecule has 3 heteroatoms. The maximum absolute atomic E-state index is 13.4. The van der Waals surface area contributed by atoms with Gasteiger partial charge in [0.25, 0.3) is 0 Å². The van der Waals surface area contributed by atoms with Crippen LogP contribution in [0.5, 0.6) is 0 Å². The smallest absolute Gasteiger partial charge is 0.159 e. The van der Waals surface area contributed by atoms with Crippen LogP contribution in [0.4, 0.5) is 8.78 Å². The van der Waals surface area contributed by atoms with Crippen molar-refractivity contribution in [1.82, 2.24) is 5.32 Å². The van der Waals surface area contributed by atoms with Gasteiger partial charge >= 0.3 is 0 Å². The molecule has 1 aliphatic rings. The van der Waals surface area contributed by atoms with Gasteiger partial charge in [0, 0.05) is 6.04 Å². The zero-order valence-corrected chi connectivity index (χ0v) is 11.8. The van der Waals surface area contributed by atoms with E-state index in [0.717, 1.165) is 12.0 Å². The van der Waals surface area contributed by atoms with E-state index < -0.39 is 11.6 Å². The number of hydrogen-bond acceptors (Lipinski definition) is 1. The molecule has 106 valence electrons. The molecule has 0 bridgehead atoms. The minimum Gasteiger partial charge on any atom is -0.313 e. The zero-order chi connectivity index (χ0) is 13.8. The molecule has 0 aliphatic heterocycles. The molecule has 0 heterocycles. The number of nitrogens with one attached hydrogen (secondary N) is 1. The Balaban J connectivity index is 2.24. The van der Waals surface area contributed by atoms with E-state index in [4.69, 9.17) is 0 Å². The highest BCUT2D eigenvalue weighted by Crippen LogP contribution is 2.40. The van der Waals surface area contributed by atoms with Gasteiger partial charge in [-0.2, -0.15) is 0 Å². The molecule has 1 aliphatic carbocycles. The Bertz CT molecular complexity index is 419. The molecule has 0 aromatic heterocycles. The van der Waals surface area contributed by atoms with E-state index in [1.54, 1.807) is 6.07 Å². The molecule has 19 heavy (non-hydrogen) atoms. The van der Waals surface area contributed by atoms with Crippen molar-refractivity contribution in [2.45, 2.75) is 45.1 Å². The second-order valence-corrected chi connectivity index (χ2v) is 5.56. The van der Waals surface area contributed by atoms with Gasteiger partial charge in [0.1, 0.15) is 0 Å². The predicted octanol–water partition coefficient (Wildman–Crippen LogP) is 4.44. The van der Waals surface area contributed by atoms with E-state index >= 15 is 0 Å². The maximum Gasteiger partial charge on any atom is 0.159 e. The predicted molar refractivity (Wildman–Crippen MR) is 73.9 cm³/mol. The van der Waals surface area contributed by atoms with Crippen LogP contribution in [0.2, 0.25) is 0 Å². The Morgan fingerprint density at radius 2 is 1.95 bits per heavy atom. The lowest BCUT2D eigenvalue weighted by Gasteiger charge is -2.37. The number of rotatable bonds is 4. The largest absolute Gasteiger partial charge is 0.313 e. The van der Waals surface area contributed by atoms with Crippen molar-refractivity contribution in [3.05, 3.63) is 35.4 Å². The van der Waals surface area contributed by atoms with E-state index in [2.05, 4.69) is 12.2 Å². The summed E-state index contributed by atoms with van der Waals surface area (Å²) in [4.78, 5) is 0. The summed E-state index contributed by atoms with van der Waals surface area (Å²) in [6, 6.07) is 4.41. The molecule has 1 nitrogen and oxygen atoms in total. The Labute approximate surface area is 114 Å². The molecule has 0 saturated heterocycles. The van der Waals surface area contributed by atoms with Crippen LogP contribution in [0.15, 0.2) is 18.2 Å². The first kappa shape index (κ1) is 14.4. The fourth-order valence-corrected chi connectivity index (χ4v) is 3.52. The molecule has 3 atom stereocenters. The molecule has 0 radical (unpaired) electrons. The van der Waals surface area contributed by atoms with Crippen molar-refractivity contribution >= 4 is 0 Å². The summed E-state index contributed by atoms with van der Waals surface area (Å²) in [6.45, 7) is 2.22. The first-order valence-corrected chi connectivity index (χ1v) is 7.29. The fourth-order valence-electron chi connectivity index (χ4n) is 3.52. The minimum absolute atomic E-state index is 0.125. The SMILES string of the molecule is CCC1CCCCC1C(NC)c1ccc(F)c(F)c1. The van der Waals surface area contributed by atoms with E-state index in [1.807, 2.05) is 7.05 Å².